The van der Waals surface area contributed by atoms with Crippen LogP contribution in [0.25, 0.3) is 5.69 Å². The molecule has 8 heteroatoms. The van der Waals surface area contributed by atoms with Gasteiger partial charge in [-0.1, -0.05) is 43.6 Å². The van der Waals surface area contributed by atoms with Crippen LogP contribution in [0.3, 0.4) is 0 Å². The summed E-state index contributed by atoms with van der Waals surface area (Å²) in [5.74, 6) is -0.0741. The number of morpholine rings is 1. The van der Waals surface area contributed by atoms with Crippen LogP contribution in [-0.2, 0) is 16.0 Å². The van der Waals surface area contributed by atoms with Crippen molar-refractivity contribution in [2.75, 3.05) is 31.6 Å². The van der Waals surface area contributed by atoms with Gasteiger partial charge in [-0.25, -0.2) is 4.68 Å². The van der Waals surface area contributed by atoms with Crippen LogP contribution in [0.4, 0.5) is 5.69 Å². The number of carbonyl (C=O) groups excluding carboxylic acids is 2. The highest BCUT2D eigenvalue weighted by Gasteiger charge is 2.21. The molecule has 0 unspecified atom stereocenters. The van der Waals surface area contributed by atoms with Gasteiger partial charge in [0.05, 0.1) is 42.8 Å². The fourth-order valence-electron chi connectivity index (χ4n) is 3.91. The van der Waals surface area contributed by atoms with Crippen molar-refractivity contribution in [3.63, 3.8) is 0 Å². The maximum absolute atomic E-state index is 13.1. The zero-order valence-corrected chi connectivity index (χ0v) is 19.5. The van der Waals surface area contributed by atoms with E-state index in [0.29, 0.717) is 49.0 Å². The predicted octanol–water partition coefficient (Wildman–Crippen LogP) is 4.30. The fraction of sp³-hybridized carbons (Fsp3) is 0.320. The van der Waals surface area contributed by atoms with Crippen molar-refractivity contribution < 1.29 is 14.3 Å². The molecular formula is C25H27ClN4O3. The zero-order chi connectivity index (χ0) is 23.4. The van der Waals surface area contributed by atoms with Gasteiger partial charge in [-0.05, 0) is 41.8 Å². The molecule has 172 valence electrons. The van der Waals surface area contributed by atoms with Gasteiger partial charge in [0, 0.05) is 23.8 Å². The van der Waals surface area contributed by atoms with Gasteiger partial charge in [0.2, 0.25) is 5.91 Å². The van der Waals surface area contributed by atoms with E-state index >= 15 is 0 Å². The average Bonchev–Trinajstić information content (AvgIpc) is 3.27. The Balaban J connectivity index is 1.46. The minimum Gasteiger partial charge on any atom is -0.378 e. The van der Waals surface area contributed by atoms with Crippen LogP contribution >= 0.6 is 11.6 Å². The molecule has 1 saturated heterocycles. The number of rotatable bonds is 6. The molecule has 3 aromatic rings. The highest BCUT2D eigenvalue weighted by atomic mass is 35.5. The van der Waals surface area contributed by atoms with Crippen LogP contribution in [0.2, 0.25) is 5.02 Å². The lowest BCUT2D eigenvalue weighted by molar-refractivity contribution is -0.134. The van der Waals surface area contributed by atoms with E-state index in [9.17, 15) is 9.59 Å². The first kappa shape index (κ1) is 23.0. The Labute approximate surface area is 198 Å². The molecule has 2 heterocycles. The van der Waals surface area contributed by atoms with Gasteiger partial charge < -0.3 is 15.0 Å². The molecule has 1 aromatic heterocycles. The molecule has 0 radical (unpaired) electrons. The van der Waals surface area contributed by atoms with Crippen molar-refractivity contribution in [1.82, 2.24) is 14.7 Å². The van der Waals surface area contributed by atoms with Crippen LogP contribution in [0, 0.1) is 0 Å². The summed E-state index contributed by atoms with van der Waals surface area (Å²) in [6, 6.07) is 14.7. The number of halogens is 1. The van der Waals surface area contributed by atoms with E-state index < -0.39 is 0 Å². The predicted molar refractivity (Wildman–Crippen MR) is 128 cm³/mol. The Bertz CT molecular complexity index is 1130. The quantitative estimate of drug-likeness (QED) is 0.587. The van der Waals surface area contributed by atoms with Crippen LogP contribution < -0.4 is 5.32 Å². The number of anilines is 1. The number of nitrogens with one attached hydrogen (secondary N) is 1. The monoisotopic (exact) mass is 466 g/mol. The lowest BCUT2D eigenvalue weighted by Gasteiger charge is -2.26. The van der Waals surface area contributed by atoms with E-state index in [2.05, 4.69) is 10.4 Å². The zero-order valence-electron chi connectivity index (χ0n) is 18.8. The van der Waals surface area contributed by atoms with Gasteiger partial charge in [0.15, 0.2) is 0 Å². The van der Waals surface area contributed by atoms with E-state index in [1.54, 1.807) is 16.9 Å². The third-order valence-electron chi connectivity index (χ3n) is 5.58. The molecule has 0 aliphatic carbocycles. The number of nitrogens with zero attached hydrogens (tertiary/aromatic N) is 3. The lowest BCUT2D eigenvalue weighted by atomic mass is 10.0. The van der Waals surface area contributed by atoms with Gasteiger partial charge in [-0.15, -0.1) is 0 Å². The Morgan fingerprint density at radius 2 is 1.85 bits per heavy atom. The summed E-state index contributed by atoms with van der Waals surface area (Å²) >= 11 is 6.14. The summed E-state index contributed by atoms with van der Waals surface area (Å²) in [7, 11) is 0. The normalized spacial score (nSPS) is 13.9. The third-order valence-corrected chi connectivity index (χ3v) is 5.82. The first-order valence-corrected chi connectivity index (χ1v) is 11.4. The van der Waals surface area contributed by atoms with Crippen molar-refractivity contribution in [2.45, 2.75) is 26.2 Å². The minimum absolute atomic E-state index is 0.0702. The molecular weight excluding hydrogens is 440 g/mol. The van der Waals surface area contributed by atoms with Gasteiger partial charge in [-0.2, -0.15) is 5.10 Å². The standard InChI is InChI=1S/C25H27ClN4O3/c1-17(2)24-22(16-27-30(24)21-5-3-4-19(26)15-21)25(32)28-20-8-6-18(7-9-20)14-23(31)29-10-12-33-13-11-29/h3-9,15-17H,10-14H2,1-2H3,(H,28,32). The molecule has 0 spiro atoms. The molecule has 0 saturated carbocycles. The highest BCUT2D eigenvalue weighted by Crippen LogP contribution is 2.25. The van der Waals surface area contributed by atoms with Crippen molar-refractivity contribution in [1.29, 1.82) is 0 Å². The molecule has 1 aliphatic heterocycles. The molecule has 2 amide bonds. The first-order valence-electron chi connectivity index (χ1n) is 11.0. The Morgan fingerprint density at radius 1 is 1.12 bits per heavy atom. The second-order valence-electron chi connectivity index (χ2n) is 8.31. The maximum atomic E-state index is 13.1. The number of hydrogen-bond donors (Lipinski definition) is 1. The summed E-state index contributed by atoms with van der Waals surface area (Å²) < 4.78 is 7.05. The Morgan fingerprint density at radius 3 is 2.52 bits per heavy atom. The Hall–Kier alpha value is -3.16. The average molecular weight is 467 g/mol. The van der Waals surface area contributed by atoms with Crippen LogP contribution in [0.5, 0.6) is 0 Å². The topological polar surface area (TPSA) is 76.5 Å². The molecule has 1 aliphatic rings. The van der Waals surface area contributed by atoms with E-state index in [1.165, 1.54) is 0 Å². The lowest BCUT2D eigenvalue weighted by Crippen LogP contribution is -2.41. The van der Waals surface area contributed by atoms with E-state index in [1.807, 2.05) is 61.2 Å². The largest absolute Gasteiger partial charge is 0.378 e. The SMILES string of the molecule is CC(C)c1c(C(=O)Nc2ccc(CC(=O)N3CCOCC3)cc2)cnn1-c1cccc(Cl)c1. The smallest absolute Gasteiger partial charge is 0.259 e. The van der Waals surface area contributed by atoms with Crippen LogP contribution in [-0.4, -0.2) is 52.8 Å². The number of benzene rings is 2. The number of ether oxygens (including phenoxy) is 1. The van der Waals surface area contributed by atoms with E-state index in [-0.39, 0.29) is 17.7 Å². The van der Waals surface area contributed by atoms with Gasteiger partial charge in [0.25, 0.3) is 5.91 Å². The number of carbonyl (C=O) groups is 2. The van der Waals surface area contributed by atoms with Gasteiger partial charge >= 0.3 is 0 Å². The van der Waals surface area contributed by atoms with Gasteiger partial charge in [-0.3, -0.25) is 9.59 Å². The highest BCUT2D eigenvalue weighted by molar-refractivity contribution is 6.30. The summed E-state index contributed by atoms with van der Waals surface area (Å²) in [5.41, 5.74) is 3.69. The second-order valence-corrected chi connectivity index (χ2v) is 8.75. The number of amides is 2. The minimum atomic E-state index is -0.232. The van der Waals surface area contributed by atoms with Gasteiger partial charge in [0.1, 0.15) is 0 Å². The molecule has 0 bridgehead atoms. The third kappa shape index (κ3) is 5.43. The molecule has 1 N–H and O–H groups in total. The molecule has 0 atom stereocenters. The van der Waals surface area contributed by atoms with Crippen LogP contribution in [0.15, 0.2) is 54.7 Å². The van der Waals surface area contributed by atoms with Crippen molar-refractivity contribution in [2.24, 2.45) is 0 Å². The van der Waals surface area contributed by atoms with E-state index in [4.69, 9.17) is 16.3 Å². The number of aromatic nitrogens is 2. The molecule has 4 rings (SSSR count). The molecule has 2 aromatic carbocycles. The Kier molecular flexibility index (Phi) is 7.11. The van der Waals surface area contributed by atoms with Crippen molar-refractivity contribution >= 4 is 29.1 Å². The molecule has 1 fully saturated rings. The summed E-state index contributed by atoms with van der Waals surface area (Å²) in [4.78, 5) is 27.3. The molecule has 7 nitrogen and oxygen atoms in total. The van der Waals surface area contributed by atoms with Crippen LogP contribution in [0.1, 0.15) is 41.4 Å². The number of hydrogen-bond acceptors (Lipinski definition) is 4. The van der Waals surface area contributed by atoms with Crippen molar-refractivity contribution in [3.05, 3.63) is 76.6 Å². The van der Waals surface area contributed by atoms with Crippen molar-refractivity contribution in [3.8, 4) is 5.69 Å². The molecule has 33 heavy (non-hydrogen) atoms. The fourth-order valence-corrected chi connectivity index (χ4v) is 4.09. The summed E-state index contributed by atoms with van der Waals surface area (Å²) in [6.45, 7) is 6.48. The second kappa shape index (κ2) is 10.2. The van der Waals surface area contributed by atoms with E-state index in [0.717, 1.165) is 16.9 Å². The first-order chi connectivity index (χ1) is 15.9. The maximum Gasteiger partial charge on any atom is 0.259 e. The summed E-state index contributed by atoms with van der Waals surface area (Å²) in [5, 5.41) is 8.00. The summed E-state index contributed by atoms with van der Waals surface area (Å²) in [6.07, 6.45) is 1.92.